The second kappa shape index (κ2) is 75.4. The molecule has 0 spiro atoms. The minimum absolute atomic E-state index is 0.0856. The van der Waals surface area contributed by atoms with Crippen molar-refractivity contribution in [3.63, 3.8) is 0 Å². The molecule has 0 bridgehead atoms. The van der Waals surface area contributed by atoms with E-state index in [1.807, 2.05) is 0 Å². The van der Waals surface area contributed by atoms with Gasteiger partial charge in [-0.1, -0.05) is 367 Å². The molecule has 2 unspecified atom stereocenters. The van der Waals surface area contributed by atoms with Crippen LogP contribution in [0.4, 0.5) is 0 Å². The number of hydrogen-bond donors (Lipinski definition) is 3. The van der Waals surface area contributed by atoms with E-state index in [2.05, 4.69) is 58.9 Å². The van der Waals surface area contributed by atoms with E-state index < -0.39 is 97.5 Å². The fraction of sp³-hybridized carbons (Fsp3) is 0.904. The first-order chi connectivity index (χ1) is 49.5. The molecule has 0 aliphatic carbocycles. The van der Waals surface area contributed by atoms with Crippen molar-refractivity contribution in [1.82, 2.24) is 0 Å². The molecule has 0 fully saturated rings. The zero-order valence-electron chi connectivity index (χ0n) is 66.2. The van der Waals surface area contributed by atoms with Gasteiger partial charge in [0.25, 0.3) is 0 Å². The molecule has 0 saturated heterocycles. The van der Waals surface area contributed by atoms with Crippen molar-refractivity contribution in [1.29, 1.82) is 0 Å². The van der Waals surface area contributed by atoms with E-state index in [0.29, 0.717) is 25.7 Å². The molecular formula is C83H158O17P2. The van der Waals surface area contributed by atoms with Crippen LogP contribution in [0.3, 0.4) is 0 Å². The average Bonchev–Trinajstić information content (AvgIpc) is 0.914. The third-order valence-corrected chi connectivity index (χ3v) is 20.8. The molecule has 102 heavy (non-hydrogen) atoms. The van der Waals surface area contributed by atoms with Gasteiger partial charge in [0.15, 0.2) is 12.2 Å². The Morgan fingerprint density at radius 2 is 0.529 bits per heavy atom. The van der Waals surface area contributed by atoms with Crippen LogP contribution in [-0.4, -0.2) is 96.7 Å². The monoisotopic (exact) mass is 1490 g/mol. The highest BCUT2D eigenvalue weighted by atomic mass is 31.2. The number of unbranched alkanes of at least 4 members (excludes halogenated alkanes) is 50. The Kier molecular flexibility index (Phi) is 73.5. The average molecular weight is 1490 g/mol. The van der Waals surface area contributed by atoms with Crippen LogP contribution >= 0.6 is 15.6 Å². The highest BCUT2D eigenvalue weighted by Crippen LogP contribution is 2.45. The minimum Gasteiger partial charge on any atom is -0.462 e. The number of allylic oxidation sites excluding steroid dienone is 4. The van der Waals surface area contributed by atoms with Gasteiger partial charge in [0.1, 0.15) is 19.3 Å². The fourth-order valence-corrected chi connectivity index (χ4v) is 14.0. The van der Waals surface area contributed by atoms with Gasteiger partial charge in [-0.25, -0.2) is 9.13 Å². The summed E-state index contributed by atoms with van der Waals surface area (Å²) in [7, 11) is -9.93. The van der Waals surface area contributed by atoms with Crippen LogP contribution in [0.25, 0.3) is 0 Å². The predicted octanol–water partition coefficient (Wildman–Crippen LogP) is 24.8. The lowest BCUT2D eigenvalue weighted by Gasteiger charge is -2.21. The van der Waals surface area contributed by atoms with Gasteiger partial charge in [0, 0.05) is 25.7 Å². The Morgan fingerprint density at radius 1 is 0.304 bits per heavy atom. The van der Waals surface area contributed by atoms with E-state index in [1.165, 1.54) is 231 Å². The molecule has 0 aromatic rings. The number of hydrogen-bond acceptors (Lipinski definition) is 15. The molecule has 0 amide bonds. The third-order valence-electron chi connectivity index (χ3n) is 18.9. The lowest BCUT2D eigenvalue weighted by Crippen LogP contribution is -2.30. The second-order valence-corrected chi connectivity index (χ2v) is 32.6. The summed E-state index contributed by atoms with van der Waals surface area (Å²) >= 11 is 0. The Balaban J connectivity index is 5.26. The number of esters is 4. The zero-order valence-corrected chi connectivity index (χ0v) is 68.0. The number of carbonyl (C=O) groups is 4. The third kappa shape index (κ3) is 75.8. The number of phosphoric ester groups is 2. The van der Waals surface area contributed by atoms with E-state index >= 15 is 0 Å². The number of aliphatic hydroxyl groups excluding tert-OH is 1. The molecule has 19 heteroatoms. The van der Waals surface area contributed by atoms with E-state index in [4.69, 9.17) is 37.0 Å². The van der Waals surface area contributed by atoms with Gasteiger partial charge in [0.05, 0.1) is 26.4 Å². The highest BCUT2D eigenvalue weighted by molar-refractivity contribution is 7.47. The minimum atomic E-state index is -4.97. The summed E-state index contributed by atoms with van der Waals surface area (Å²) in [4.78, 5) is 73.0. The summed E-state index contributed by atoms with van der Waals surface area (Å²) < 4.78 is 68.7. The lowest BCUT2D eigenvalue weighted by atomic mass is 10.0. The molecule has 0 saturated carbocycles. The summed E-state index contributed by atoms with van der Waals surface area (Å²) in [6, 6.07) is 0. The van der Waals surface area contributed by atoms with Crippen LogP contribution < -0.4 is 0 Å². The number of phosphoric acid groups is 2. The Morgan fingerprint density at radius 3 is 0.804 bits per heavy atom. The van der Waals surface area contributed by atoms with Gasteiger partial charge < -0.3 is 33.8 Å². The topological polar surface area (TPSA) is 237 Å². The molecule has 0 aromatic carbocycles. The molecule has 0 aliphatic rings. The summed E-state index contributed by atoms with van der Waals surface area (Å²) in [5, 5.41) is 10.6. The normalized spacial score (nSPS) is 14.0. The molecule has 0 rings (SSSR count). The molecule has 0 aromatic heterocycles. The van der Waals surface area contributed by atoms with Crippen molar-refractivity contribution in [2.75, 3.05) is 39.6 Å². The van der Waals surface area contributed by atoms with Crippen molar-refractivity contribution in [3.8, 4) is 0 Å². The van der Waals surface area contributed by atoms with Crippen molar-refractivity contribution in [3.05, 3.63) is 24.3 Å². The van der Waals surface area contributed by atoms with Crippen LogP contribution in [0.1, 0.15) is 420 Å². The van der Waals surface area contributed by atoms with Crippen LogP contribution in [0.15, 0.2) is 24.3 Å². The summed E-state index contributed by atoms with van der Waals surface area (Å²) in [5.74, 6) is -1.34. The molecule has 3 N–H and O–H groups in total. The van der Waals surface area contributed by atoms with Crippen LogP contribution in [0.2, 0.25) is 0 Å². The van der Waals surface area contributed by atoms with Gasteiger partial charge in [-0.3, -0.25) is 37.3 Å². The summed E-state index contributed by atoms with van der Waals surface area (Å²) in [5.41, 5.74) is 0. The molecule has 602 valence electrons. The van der Waals surface area contributed by atoms with Crippen LogP contribution in [0, 0.1) is 5.92 Å². The van der Waals surface area contributed by atoms with Crippen molar-refractivity contribution in [2.24, 2.45) is 5.92 Å². The predicted molar refractivity (Wildman–Crippen MR) is 418 cm³/mol. The number of carbonyl (C=O) groups excluding carboxylic acids is 4. The molecule has 0 heterocycles. The number of ether oxygens (including phenoxy) is 4. The first-order valence-electron chi connectivity index (χ1n) is 42.5. The SMILES string of the molecule is CCCCCC/C=C\C=C/CCCCCCCC(=O)O[C@H](COC(=O)CCCCCCCCCCCC)COP(=O)(O)OC[C@H](O)COP(=O)(O)OC[C@@H](COC(=O)CCCCCCCCCCCCCCCCC(C)C)OC(=O)CCCCCCCCCCCCCCCCCCCCCC. The molecular weight excluding hydrogens is 1330 g/mol. The van der Waals surface area contributed by atoms with Gasteiger partial charge in [-0.15, -0.1) is 0 Å². The highest BCUT2D eigenvalue weighted by Gasteiger charge is 2.30. The standard InChI is InChI=1S/C83H158O17P2/c1-6-9-12-15-18-21-24-26-28-29-30-31-32-34-40-44-49-54-59-64-69-83(88)100-79(73-94-81(86)67-62-57-52-47-42-38-36-35-37-41-45-50-55-60-65-76(4)5)75-98-102(91,92)96-71-77(84)70-95-101(89,90)97-74-78(72-93-80(85)66-61-56-51-46-23-20-17-14-11-8-3)99-82(87)68-63-58-53-48-43-39-33-27-25-22-19-16-13-10-7-2/h22,25,27,33,76-79,84H,6-21,23-24,26,28-32,34-75H2,1-5H3,(H,89,90)(H,91,92)/b25-22-,33-27-/t77-,78+,79+/m0/s1. The van der Waals surface area contributed by atoms with Crippen LogP contribution in [-0.2, 0) is 65.4 Å². The fourth-order valence-electron chi connectivity index (χ4n) is 12.4. The molecule has 5 atom stereocenters. The zero-order chi connectivity index (χ0) is 74.8. The maximum Gasteiger partial charge on any atom is 0.472 e. The maximum atomic E-state index is 13.1. The maximum absolute atomic E-state index is 13.1. The molecule has 0 aliphatic heterocycles. The van der Waals surface area contributed by atoms with Gasteiger partial charge in [-0.05, 0) is 57.3 Å². The van der Waals surface area contributed by atoms with Gasteiger partial charge in [0.2, 0.25) is 0 Å². The van der Waals surface area contributed by atoms with Crippen molar-refractivity contribution >= 4 is 39.5 Å². The number of aliphatic hydroxyl groups is 1. The number of rotatable bonds is 81. The smallest absolute Gasteiger partial charge is 0.462 e. The van der Waals surface area contributed by atoms with E-state index in [0.717, 1.165) is 109 Å². The van der Waals surface area contributed by atoms with E-state index in [-0.39, 0.29) is 25.7 Å². The summed E-state index contributed by atoms with van der Waals surface area (Å²) in [6.07, 6.45) is 70.2. The van der Waals surface area contributed by atoms with Crippen LogP contribution in [0.5, 0.6) is 0 Å². The molecule has 17 nitrogen and oxygen atoms in total. The van der Waals surface area contributed by atoms with Gasteiger partial charge in [-0.2, -0.15) is 0 Å². The van der Waals surface area contributed by atoms with E-state index in [9.17, 15) is 43.2 Å². The lowest BCUT2D eigenvalue weighted by molar-refractivity contribution is -0.161. The van der Waals surface area contributed by atoms with Crippen molar-refractivity contribution in [2.45, 2.75) is 438 Å². The van der Waals surface area contributed by atoms with E-state index in [1.54, 1.807) is 0 Å². The van der Waals surface area contributed by atoms with Gasteiger partial charge >= 0.3 is 39.5 Å². The first kappa shape index (κ1) is 99.5. The van der Waals surface area contributed by atoms with Crippen molar-refractivity contribution < 1.29 is 80.2 Å². The Bertz CT molecular complexity index is 2040. The quantitative estimate of drug-likeness (QED) is 0.0169. The Hall–Kier alpha value is -2.46. The largest absolute Gasteiger partial charge is 0.472 e. The molecule has 0 radical (unpaired) electrons. The first-order valence-corrected chi connectivity index (χ1v) is 45.4. The Labute approximate surface area is 624 Å². The summed E-state index contributed by atoms with van der Waals surface area (Å²) in [6.45, 7) is 7.29. The second-order valence-electron chi connectivity index (χ2n) is 29.7.